The highest BCUT2D eigenvalue weighted by molar-refractivity contribution is 7.88. The first kappa shape index (κ1) is 25.8. The molecule has 1 saturated heterocycles. The van der Waals surface area contributed by atoms with Gasteiger partial charge in [0.25, 0.3) is 11.6 Å². The number of hydrogen-bond donors (Lipinski definition) is 3. The lowest BCUT2D eigenvalue weighted by Crippen LogP contribution is -2.53. The minimum absolute atomic E-state index is 0.0866. The standard InChI is InChI=1S/C21H20N4O11S/c26-18(34-10-12-4-2-1-3-5-12)7-14(21(28)29)22-19-20(27)23-37(32,33)24(19)9-13-6-16-17(36-11-35-16)8-15(13)25(30)31/h1-6,8,14,19,22H,7,9-11H2,(H,23,27)(H,28,29)/t14-,19+/m0/s1. The molecule has 2 atom stereocenters. The number of benzene rings is 2. The van der Waals surface area contributed by atoms with E-state index in [4.69, 9.17) is 14.2 Å². The van der Waals surface area contributed by atoms with Crippen LogP contribution in [0.4, 0.5) is 5.69 Å². The van der Waals surface area contributed by atoms with Gasteiger partial charge in [0.05, 0.1) is 17.4 Å². The van der Waals surface area contributed by atoms with Crippen molar-refractivity contribution in [2.45, 2.75) is 31.8 Å². The van der Waals surface area contributed by atoms with Crippen LogP contribution in [0.5, 0.6) is 11.5 Å². The first-order valence-corrected chi connectivity index (χ1v) is 12.1. The van der Waals surface area contributed by atoms with Gasteiger partial charge in [0.2, 0.25) is 6.79 Å². The average Bonchev–Trinajstić information content (AvgIpc) is 3.38. The van der Waals surface area contributed by atoms with Crippen molar-refractivity contribution in [3.63, 3.8) is 0 Å². The molecule has 0 aromatic heterocycles. The molecular formula is C21H20N4O11S. The lowest BCUT2D eigenvalue weighted by Gasteiger charge is -2.24. The number of nitro benzene ring substituents is 1. The Morgan fingerprint density at radius 1 is 1.24 bits per heavy atom. The van der Waals surface area contributed by atoms with E-state index in [-0.39, 0.29) is 30.5 Å². The summed E-state index contributed by atoms with van der Waals surface area (Å²) >= 11 is 0. The van der Waals surface area contributed by atoms with Crippen LogP contribution < -0.4 is 19.5 Å². The van der Waals surface area contributed by atoms with Gasteiger partial charge in [-0.2, -0.15) is 12.7 Å². The lowest BCUT2D eigenvalue weighted by molar-refractivity contribution is -0.385. The Balaban J connectivity index is 1.52. The van der Waals surface area contributed by atoms with E-state index in [9.17, 15) is 38.0 Å². The van der Waals surface area contributed by atoms with Crippen molar-refractivity contribution >= 4 is 33.7 Å². The fourth-order valence-electron chi connectivity index (χ4n) is 3.66. The summed E-state index contributed by atoms with van der Waals surface area (Å²) in [5.74, 6) is -3.38. The van der Waals surface area contributed by atoms with Crippen LogP contribution in [-0.2, 0) is 42.5 Å². The number of amides is 1. The second-order valence-corrected chi connectivity index (χ2v) is 9.54. The van der Waals surface area contributed by atoms with Gasteiger partial charge in [0.1, 0.15) is 12.6 Å². The second-order valence-electron chi connectivity index (χ2n) is 7.92. The third kappa shape index (κ3) is 5.76. The van der Waals surface area contributed by atoms with Gasteiger partial charge in [-0.15, -0.1) is 0 Å². The molecule has 1 amide bonds. The summed E-state index contributed by atoms with van der Waals surface area (Å²) in [4.78, 5) is 47.3. The number of ether oxygens (including phenoxy) is 3. The summed E-state index contributed by atoms with van der Waals surface area (Å²) in [6.07, 6.45) is -2.53. The van der Waals surface area contributed by atoms with Crippen LogP contribution in [0.3, 0.4) is 0 Å². The van der Waals surface area contributed by atoms with Crippen molar-refractivity contribution in [3.8, 4) is 11.5 Å². The van der Waals surface area contributed by atoms with Crippen LogP contribution in [0.2, 0.25) is 0 Å². The van der Waals surface area contributed by atoms with E-state index in [1.165, 1.54) is 6.07 Å². The number of carboxylic acids is 1. The maximum atomic E-state index is 12.6. The highest BCUT2D eigenvalue weighted by Gasteiger charge is 2.46. The Morgan fingerprint density at radius 3 is 2.57 bits per heavy atom. The molecule has 1 fully saturated rings. The molecule has 2 aromatic rings. The Morgan fingerprint density at radius 2 is 1.92 bits per heavy atom. The first-order chi connectivity index (χ1) is 17.5. The van der Waals surface area contributed by atoms with Gasteiger partial charge < -0.3 is 19.3 Å². The molecule has 15 nitrogen and oxygen atoms in total. The van der Waals surface area contributed by atoms with Crippen molar-refractivity contribution in [1.29, 1.82) is 0 Å². The minimum Gasteiger partial charge on any atom is -0.480 e. The van der Waals surface area contributed by atoms with Crippen molar-refractivity contribution in [1.82, 2.24) is 14.3 Å². The summed E-state index contributed by atoms with van der Waals surface area (Å²) in [5.41, 5.74) is 0.0144. The Hall–Kier alpha value is -4.28. The topological polar surface area (TPSA) is 204 Å². The van der Waals surface area contributed by atoms with E-state index in [1.54, 1.807) is 35.1 Å². The zero-order chi connectivity index (χ0) is 26.7. The van der Waals surface area contributed by atoms with Gasteiger partial charge in [0.15, 0.2) is 17.7 Å². The van der Waals surface area contributed by atoms with Crippen LogP contribution >= 0.6 is 0 Å². The zero-order valence-corrected chi connectivity index (χ0v) is 19.7. The molecule has 196 valence electrons. The predicted octanol–water partition coefficient (Wildman–Crippen LogP) is 0.00250. The molecule has 2 aliphatic heterocycles. The summed E-state index contributed by atoms with van der Waals surface area (Å²) in [6.45, 7) is -1.01. The molecule has 0 saturated carbocycles. The summed E-state index contributed by atoms with van der Waals surface area (Å²) < 4.78 is 42.9. The van der Waals surface area contributed by atoms with E-state index in [2.05, 4.69) is 5.32 Å². The van der Waals surface area contributed by atoms with E-state index in [1.807, 2.05) is 0 Å². The molecule has 0 radical (unpaired) electrons. The lowest BCUT2D eigenvalue weighted by atomic mass is 10.1. The SMILES string of the molecule is O=C(C[C@H](N[C@H]1C(=O)NS(=O)(=O)N1Cc1cc2c(cc1[N+](=O)[O-])OCO2)C(=O)O)OCc1ccccc1. The fourth-order valence-corrected chi connectivity index (χ4v) is 4.88. The number of nitrogens with one attached hydrogen (secondary N) is 2. The highest BCUT2D eigenvalue weighted by Crippen LogP contribution is 2.39. The van der Waals surface area contributed by atoms with Crippen molar-refractivity contribution < 1.29 is 47.0 Å². The predicted molar refractivity (Wildman–Crippen MR) is 121 cm³/mol. The summed E-state index contributed by atoms with van der Waals surface area (Å²) in [6, 6.07) is 9.14. The van der Waals surface area contributed by atoms with Gasteiger partial charge >= 0.3 is 22.1 Å². The second kappa shape index (κ2) is 10.4. The number of nitro groups is 1. The molecule has 2 aromatic carbocycles. The average molecular weight is 536 g/mol. The van der Waals surface area contributed by atoms with Crippen LogP contribution in [0.15, 0.2) is 42.5 Å². The minimum atomic E-state index is -4.52. The van der Waals surface area contributed by atoms with Gasteiger partial charge in [-0.3, -0.25) is 29.8 Å². The van der Waals surface area contributed by atoms with Crippen molar-refractivity contribution in [2.24, 2.45) is 0 Å². The number of nitrogens with zero attached hydrogens (tertiary/aromatic N) is 2. The molecular weight excluding hydrogens is 516 g/mol. The number of rotatable bonds is 10. The van der Waals surface area contributed by atoms with Crippen LogP contribution in [0, 0.1) is 10.1 Å². The largest absolute Gasteiger partial charge is 0.480 e. The van der Waals surface area contributed by atoms with Crippen molar-refractivity contribution in [3.05, 3.63) is 63.7 Å². The maximum Gasteiger partial charge on any atom is 0.321 e. The summed E-state index contributed by atoms with van der Waals surface area (Å²) in [5, 5.41) is 23.5. The molecule has 3 N–H and O–H groups in total. The number of fused-ring (bicyclic) bond motifs is 1. The van der Waals surface area contributed by atoms with Crippen LogP contribution in [0.25, 0.3) is 0 Å². The number of hydrogen-bond acceptors (Lipinski definition) is 11. The van der Waals surface area contributed by atoms with Gasteiger partial charge in [0, 0.05) is 12.1 Å². The number of aliphatic carboxylic acids is 1. The molecule has 16 heteroatoms. The summed E-state index contributed by atoms with van der Waals surface area (Å²) in [7, 11) is -4.52. The smallest absolute Gasteiger partial charge is 0.321 e. The highest BCUT2D eigenvalue weighted by atomic mass is 32.2. The molecule has 0 aliphatic carbocycles. The fraction of sp³-hybridized carbons (Fsp3) is 0.286. The van der Waals surface area contributed by atoms with Gasteiger partial charge in [-0.25, -0.2) is 4.72 Å². The molecule has 4 rings (SSSR count). The van der Waals surface area contributed by atoms with E-state index < -0.39 is 63.8 Å². The third-order valence-electron chi connectivity index (χ3n) is 5.44. The number of carbonyl (C=O) groups excluding carboxylic acids is 2. The van der Waals surface area contributed by atoms with Crippen LogP contribution in [-0.4, -0.2) is 59.6 Å². The molecule has 2 heterocycles. The van der Waals surface area contributed by atoms with Gasteiger partial charge in [-0.1, -0.05) is 30.3 Å². The molecule has 37 heavy (non-hydrogen) atoms. The van der Waals surface area contributed by atoms with E-state index in [0.717, 1.165) is 6.07 Å². The van der Waals surface area contributed by atoms with E-state index >= 15 is 0 Å². The van der Waals surface area contributed by atoms with Crippen LogP contribution in [0.1, 0.15) is 17.5 Å². The van der Waals surface area contributed by atoms with Crippen molar-refractivity contribution in [2.75, 3.05) is 6.79 Å². The Labute approximate surface area is 209 Å². The Kier molecular flexibility index (Phi) is 7.23. The molecule has 0 bridgehead atoms. The third-order valence-corrected chi connectivity index (χ3v) is 6.86. The monoisotopic (exact) mass is 536 g/mol. The quantitative estimate of drug-likeness (QED) is 0.209. The normalized spacial score (nSPS) is 18.7. The first-order valence-electron chi connectivity index (χ1n) is 10.6. The number of carbonyl (C=O) groups is 3. The maximum absolute atomic E-state index is 12.6. The Bertz CT molecular complexity index is 1350. The zero-order valence-electron chi connectivity index (χ0n) is 18.9. The molecule has 0 unspecified atom stereocenters. The van der Waals surface area contributed by atoms with Gasteiger partial charge in [-0.05, 0) is 11.6 Å². The molecule has 2 aliphatic rings. The number of carboxylic acid groups (broad SMARTS) is 1. The molecule has 0 spiro atoms. The van der Waals surface area contributed by atoms with E-state index in [0.29, 0.717) is 9.87 Å². The number of esters is 1.